The highest BCUT2D eigenvalue weighted by Gasteiger charge is 2.09. The van der Waals surface area contributed by atoms with Crippen molar-refractivity contribution in [2.24, 2.45) is 0 Å². The molecule has 0 aliphatic heterocycles. The molecule has 0 aliphatic carbocycles. The van der Waals surface area contributed by atoms with Gasteiger partial charge in [-0.2, -0.15) is 5.26 Å². The Kier molecular flexibility index (Phi) is 3.21. The van der Waals surface area contributed by atoms with Crippen molar-refractivity contribution >= 4 is 10.8 Å². The summed E-state index contributed by atoms with van der Waals surface area (Å²) in [7, 11) is 0. The third-order valence-corrected chi connectivity index (χ3v) is 3.30. The van der Waals surface area contributed by atoms with Crippen LogP contribution in [0.4, 0.5) is 0 Å². The summed E-state index contributed by atoms with van der Waals surface area (Å²) < 4.78 is 5.72. The van der Waals surface area contributed by atoms with Crippen LogP contribution < -0.4 is 4.74 Å². The lowest BCUT2D eigenvalue weighted by Crippen LogP contribution is -1.90. The fourth-order valence-electron chi connectivity index (χ4n) is 2.23. The van der Waals surface area contributed by atoms with E-state index in [9.17, 15) is 5.11 Å². The van der Waals surface area contributed by atoms with Crippen molar-refractivity contribution in [3.63, 3.8) is 0 Å². The number of phenols is 1. The summed E-state index contributed by atoms with van der Waals surface area (Å²) in [5, 5.41) is 21.2. The van der Waals surface area contributed by atoms with Gasteiger partial charge in [0, 0.05) is 0 Å². The lowest BCUT2D eigenvalue weighted by molar-refractivity contribution is 0.412. The van der Waals surface area contributed by atoms with Crippen molar-refractivity contribution in [1.29, 1.82) is 5.26 Å². The molecule has 3 rings (SSSR count). The number of hydrogen-bond acceptors (Lipinski definition) is 3. The van der Waals surface area contributed by atoms with Crippen LogP contribution in [0, 0.1) is 18.3 Å². The van der Waals surface area contributed by atoms with Crippen LogP contribution in [-0.2, 0) is 0 Å². The number of benzene rings is 3. The summed E-state index contributed by atoms with van der Waals surface area (Å²) in [4.78, 5) is 0. The van der Waals surface area contributed by atoms with Crippen LogP contribution in [0.2, 0.25) is 0 Å². The number of aromatic hydroxyl groups is 1. The Morgan fingerprint density at radius 2 is 1.67 bits per heavy atom. The first-order valence-corrected chi connectivity index (χ1v) is 6.58. The van der Waals surface area contributed by atoms with Crippen LogP contribution in [0.15, 0.2) is 54.6 Å². The van der Waals surface area contributed by atoms with Gasteiger partial charge < -0.3 is 9.84 Å². The normalized spacial score (nSPS) is 10.3. The van der Waals surface area contributed by atoms with Crippen LogP contribution in [-0.4, -0.2) is 5.11 Å². The SMILES string of the molecule is Cc1ccc(Oc2cc3ccccc3cc2O)c(C#N)c1. The maximum atomic E-state index is 10.1. The first kappa shape index (κ1) is 13.0. The molecule has 0 spiro atoms. The molecule has 0 amide bonds. The van der Waals surface area contributed by atoms with Crippen molar-refractivity contribution in [3.05, 3.63) is 65.7 Å². The molecule has 3 aromatic carbocycles. The average Bonchev–Trinajstić information content (AvgIpc) is 2.49. The second kappa shape index (κ2) is 5.18. The third kappa shape index (κ3) is 2.52. The van der Waals surface area contributed by atoms with Crippen LogP contribution in [0.5, 0.6) is 17.2 Å². The van der Waals surface area contributed by atoms with Crippen molar-refractivity contribution in [2.45, 2.75) is 6.92 Å². The number of ether oxygens (including phenoxy) is 1. The van der Waals surface area contributed by atoms with E-state index < -0.39 is 0 Å². The monoisotopic (exact) mass is 275 g/mol. The lowest BCUT2D eigenvalue weighted by atomic mass is 10.1. The third-order valence-electron chi connectivity index (χ3n) is 3.30. The second-order valence-electron chi connectivity index (χ2n) is 4.88. The van der Waals surface area contributed by atoms with Crippen LogP contribution in [0.1, 0.15) is 11.1 Å². The van der Waals surface area contributed by atoms with Gasteiger partial charge in [-0.05, 0) is 47.5 Å². The van der Waals surface area contributed by atoms with E-state index in [1.807, 2.05) is 37.3 Å². The van der Waals surface area contributed by atoms with E-state index in [1.54, 1.807) is 24.3 Å². The molecule has 0 aliphatic rings. The molecule has 0 atom stereocenters. The Hall–Kier alpha value is -2.99. The molecule has 0 radical (unpaired) electrons. The summed E-state index contributed by atoms with van der Waals surface area (Å²) in [6.07, 6.45) is 0. The van der Waals surface area contributed by atoms with Crippen LogP contribution >= 0.6 is 0 Å². The molecular weight excluding hydrogens is 262 g/mol. The number of aryl methyl sites for hydroxylation is 1. The molecule has 0 unspecified atom stereocenters. The van der Waals surface area contributed by atoms with E-state index in [0.29, 0.717) is 17.1 Å². The summed E-state index contributed by atoms with van der Waals surface area (Å²) in [6, 6.07) is 18.6. The zero-order valence-electron chi connectivity index (χ0n) is 11.5. The Morgan fingerprint density at radius 1 is 0.952 bits per heavy atom. The van der Waals surface area contributed by atoms with Crippen molar-refractivity contribution in [2.75, 3.05) is 0 Å². The quantitative estimate of drug-likeness (QED) is 0.748. The molecule has 21 heavy (non-hydrogen) atoms. The highest BCUT2D eigenvalue weighted by molar-refractivity contribution is 5.86. The predicted octanol–water partition coefficient (Wildman–Crippen LogP) is 4.52. The fraction of sp³-hybridized carbons (Fsp3) is 0.0556. The Balaban J connectivity index is 2.06. The lowest BCUT2D eigenvalue weighted by Gasteiger charge is -2.10. The minimum absolute atomic E-state index is 0.0539. The average molecular weight is 275 g/mol. The van der Waals surface area contributed by atoms with E-state index in [0.717, 1.165) is 16.3 Å². The van der Waals surface area contributed by atoms with Crippen LogP contribution in [0.3, 0.4) is 0 Å². The number of nitrogens with zero attached hydrogens (tertiary/aromatic N) is 1. The second-order valence-corrected chi connectivity index (χ2v) is 4.88. The smallest absolute Gasteiger partial charge is 0.169 e. The maximum Gasteiger partial charge on any atom is 0.169 e. The van der Waals surface area contributed by atoms with Gasteiger partial charge in [0.2, 0.25) is 0 Å². The van der Waals surface area contributed by atoms with Crippen molar-refractivity contribution in [1.82, 2.24) is 0 Å². The van der Waals surface area contributed by atoms with Gasteiger partial charge >= 0.3 is 0 Å². The zero-order valence-corrected chi connectivity index (χ0v) is 11.5. The van der Waals surface area contributed by atoms with E-state index >= 15 is 0 Å². The summed E-state index contributed by atoms with van der Waals surface area (Å²) in [6.45, 7) is 1.91. The van der Waals surface area contributed by atoms with Gasteiger partial charge in [-0.25, -0.2) is 0 Å². The topological polar surface area (TPSA) is 53.2 Å². The van der Waals surface area contributed by atoms with Crippen LogP contribution in [0.25, 0.3) is 10.8 Å². The van der Waals surface area contributed by atoms with E-state index in [2.05, 4.69) is 6.07 Å². The van der Waals surface area contributed by atoms with Gasteiger partial charge in [-0.15, -0.1) is 0 Å². The minimum Gasteiger partial charge on any atom is -0.504 e. The van der Waals surface area contributed by atoms with Gasteiger partial charge in [0.25, 0.3) is 0 Å². The molecular formula is C18H13NO2. The van der Waals surface area contributed by atoms with E-state index in [4.69, 9.17) is 10.00 Å². The van der Waals surface area contributed by atoms with Gasteiger partial charge in [0.1, 0.15) is 11.8 Å². The van der Waals surface area contributed by atoms with Gasteiger partial charge in [-0.3, -0.25) is 0 Å². The van der Waals surface area contributed by atoms with E-state index in [1.165, 1.54) is 0 Å². The molecule has 1 N–H and O–H groups in total. The summed E-state index contributed by atoms with van der Waals surface area (Å²) >= 11 is 0. The first-order valence-electron chi connectivity index (χ1n) is 6.58. The number of nitriles is 1. The molecule has 0 aromatic heterocycles. The summed E-state index contributed by atoms with van der Waals surface area (Å²) in [5.41, 5.74) is 1.43. The highest BCUT2D eigenvalue weighted by Crippen LogP contribution is 2.35. The minimum atomic E-state index is 0.0539. The highest BCUT2D eigenvalue weighted by atomic mass is 16.5. The molecule has 3 aromatic rings. The number of rotatable bonds is 2. The Labute approximate surface area is 122 Å². The number of phenolic OH excluding ortho intramolecular Hbond substituents is 1. The largest absolute Gasteiger partial charge is 0.504 e. The fourth-order valence-corrected chi connectivity index (χ4v) is 2.23. The summed E-state index contributed by atoms with van der Waals surface area (Å²) in [5.74, 6) is 0.834. The number of hydrogen-bond donors (Lipinski definition) is 1. The molecule has 3 nitrogen and oxygen atoms in total. The Bertz CT molecular complexity index is 863. The maximum absolute atomic E-state index is 10.1. The molecule has 0 saturated heterocycles. The molecule has 0 saturated carbocycles. The van der Waals surface area contributed by atoms with Gasteiger partial charge in [0.05, 0.1) is 5.56 Å². The zero-order chi connectivity index (χ0) is 14.8. The molecule has 0 bridgehead atoms. The first-order chi connectivity index (χ1) is 10.2. The van der Waals surface area contributed by atoms with E-state index in [-0.39, 0.29) is 5.75 Å². The molecule has 3 heteroatoms. The van der Waals surface area contributed by atoms with Crippen molar-refractivity contribution in [3.8, 4) is 23.3 Å². The van der Waals surface area contributed by atoms with Gasteiger partial charge in [0.15, 0.2) is 11.5 Å². The molecule has 0 heterocycles. The predicted molar refractivity (Wildman–Crippen MR) is 81.6 cm³/mol. The standard InChI is InChI=1S/C18H13NO2/c1-12-6-7-17(15(8-12)11-19)21-18-10-14-5-3-2-4-13(14)9-16(18)20/h2-10,20H,1H3. The Morgan fingerprint density at radius 3 is 2.38 bits per heavy atom. The van der Waals surface area contributed by atoms with Gasteiger partial charge in [-0.1, -0.05) is 30.3 Å². The van der Waals surface area contributed by atoms with Crippen molar-refractivity contribution < 1.29 is 9.84 Å². The molecule has 0 fully saturated rings. The number of fused-ring (bicyclic) bond motifs is 1. The molecule has 102 valence electrons.